The molecule has 10 heteroatoms. The van der Waals surface area contributed by atoms with Crippen LogP contribution in [0.25, 0.3) is 0 Å². The molecule has 2 aromatic rings. The zero-order chi connectivity index (χ0) is 21.0. The van der Waals surface area contributed by atoms with Gasteiger partial charge in [0.15, 0.2) is 12.2 Å². The highest BCUT2D eigenvalue weighted by Gasteiger charge is 2.39. The molecule has 0 saturated carbocycles. The lowest BCUT2D eigenvalue weighted by Gasteiger charge is -2.30. The van der Waals surface area contributed by atoms with Gasteiger partial charge >= 0.3 is 0 Å². The van der Waals surface area contributed by atoms with Crippen LogP contribution in [0, 0.1) is 0 Å². The molecular formula is C18H22N4O6. The predicted octanol–water partition coefficient (Wildman–Crippen LogP) is -1.56. The average Bonchev–Trinajstić information content (AvgIpc) is 2.65. The van der Waals surface area contributed by atoms with Gasteiger partial charge in [-0.25, -0.2) is 0 Å². The summed E-state index contributed by atoms with van der Waals surface area (Å²) >= 11 is 0. The zero-order valence-electron chi connectivity index (χ0n) is 14.7. The molecule has 2 aromatic carbocycles. The van der Waals surface area contributed by atoms with Crippen LogP contribution >= 0.6 is 0 Å². The van der Waals surface area contributed by atoms with E-state index in [-0.39, 0.29) is 11.4 Å². The minimum atomic E-state index is -2.20. The fraction of sp³-hybridized carbons (Fsp3) is 0.222. The molecule has 0 aliphatic rings. The summed E-state index contributed by atoms with van der Waals surface area (Å²) in [5.41, 5.74) is 17.6. The summed E-state index contributed by atoms with van der Waals surface area (Å²) in [6, 6.07) is 12.3. The quantitative estimate of drug-likeness (QED) is 0.276. The first kappa shape index (κ1) is 21.1. The number of benzene rings is 2. The van der Waals surface area contributed by atoms with E-state index in [2.05, 4.69) is 0 Å². The Morgan fingerprint density at radius 2 is 1.21 bits per heavy atom. The lowest BCUT2D eigenvalue weighted by atomic mass is 10.0. The van der Waals surface area contributed by atoms with Crippen LogP contribution in [-0.2, 0) is 9.59 Å². The van der Waals surface area contributed by atoms with E-state index in [1.165, 1.54) is 24.3 Å². The van der Waals surface area contributed by atoms with E-state index in [1.54, 1.807) is 24.3 Å². The Balaban J connectivity index is 2.42. The summed E-state index contributed by atoms with van der Waals surface area (Å²) in [4.78, 5) is 24.9. The number of hydrogen-bond acceptors (Lipinski definition) is 8. The molecule has 2 rings (SSSR count). The van der Waals surface area contributed by atoms with Gasteiger partial charge in [0, 0.05) is 11.4 Å². The van der Waals surface area contributed by atoms with E-state index in [4.69, 9.17) is 17.2 Å². The second-order valence-electron chi connectivity index (χ2n) is 6.14. The fourth-order valence-corrected chi connectivity index (χ4v) is 2.55. The Labute approximate surface area is 160 Å². The highest BCUT2D eigenvalue weighted by Crippen LogP contribution is 2.29. The van der Waals surface area contributed by atoms with Crippen molar-refractivity contribution >= 4 is 34.6 Å². The Morgan fingerprint density at radius 3 is 1.61 bits per heavy atom. The summed E-state index contributed by atoms with van der Waals surface area (Å²) in [5, 5.41) is 39.7. The number of primary amides is 1. The molecule has 0 fully saturated rings. The number of anilines is 4. The maximum atomic E-state index is 12.9. The average molecular weight is 390 g/mol. The van der Waals surface area contributed by atoms with Crippen molar-refractivity contribution in [1.82, 2.24) is 0 Å². The number of amides is 2. The van der Waals surface area contributed by atoms with E-state index >= 15 is 0 Å². The number of nitrogen functional groups attached to an aromatic ring is 2. The number of rotatable bonds is 7. The molecule has 2 amide bonds. The van der Waals surface area contributed by atoms with Gasteiger partial charge in [-0.2, -0.15) is 0 Å². The molecule has 4 atom stereocenters. The van der Waals surface area contributed by atoms with Gasteiger partial charge in [0.1, 0.15) is 12.2 Å². The van der Waals surface area contributed by atoms with Crippen LogP contribution in [0.3, 0.4) is 0 Å². The van der Waals surface area contributed by atoms with Crippen LogP contribution in [0.5, 0.6) is 0 Å². The van der Waals surface area contributed by atoms with Gasteiger partial charge in [0.25, 0.3) is 5.91 Å². The van der Waals surface area contributed by atoms with Gasteiger partial charge in [-0.05, 0) is 36.4 Å². The summed E-state index contributed by atoms with van der Waals surface area (Å²) in [5.74, 6) is -2.38. The topological polar surface area (TPSA) is 196 Å². The second kappa shape index (κ2) is 8.67. The molecule has 0 radical (unpaired) electrons. The molecule has 0 bridgehead atoms. The second-order valence-corrected chi connectivity index (χ2v) is 6.14. The number of nitrogens with zero attached hydrogens (tertiary/aromatic N) is 1. The van der Waals surface area contributed by atoms with Crippen molar-refractivity contribution in [3.8, 4) is 0 Å². The van der Waals surface area contributed by atoms with E-state index < -0.39 is 36.2 Å². The fourth-order valence-electron chi connectivity index (χ4n) is 2.55. The molecule has 0 heterocycles. The van der Waals surface area contributed by atoms with Crippen LogP contribution in [0.4, 0.5) is 22.7 Å². The largest absolute Gasteiger partial charge is 0.399 e. The van der Waals surface area contributed by atoms with Crippen molar-refractivity contribution in [2.75, 3.05) is 16.4 Å². The first-order chi connectivity index (χ1) is 13.1. The first-order valence-corrected chi connectivity index (χ1v) is 8.20. The maximum absolute atomic E-state index is 12.9. The monoisotopic (exact) mass is 390 g/mol. The molecule has 0 spiro atoms. The highest BCUT2D eigenvalue weighted by atomic mass is 16.4. The van der Waals surface area contributed by atoms with Gasteiger partial charge in [-0.3, -0.25) is 14.5 Å². The van der Waals surface area contributed by atoms with Gasteiger partial charge in [0.2, 0.25) is 5.91 Å². The number of nitrogens with two attached hydrogens (primary N) is 3. The molecular weight excluding hydrogens is 368 g/mol. The van der Waals surface area contributed by atoms with Crippen LogP contribution in [0.1, 0.15) is 0 Å². The van der Waals surface area contributed by atoms with E-state index in [1.807, 2.05) is 0 Å². The Bertz CT molecular complexity index is 816. The van der Waals surface area contributed by atoms with Crippen molar-refractivity contribution in [2.24, 2.45) is 5.73 Å². The summed E-state index contributed by atoms with van der Waals surface area (Å²) < 4.78 is 0. The van der Waals surface area contributed by atoms with Gasteiger partial charge in [-0.15, -0.1) is 0 Å². The summed E-state index contributed by atoms with van der Waals surface area (Å²) in [6.07, 6.45) is -8.75. The standard InChI is InChI=1S/C18H22N4O6/c19-9-3-1-5-11(7-9)22(12-6-2-4-10(20)8-12)18(28)16(26)14(24)13(23)15(25)17(21)27/h1-8,13-16,23-26H,19-20H2,(H2,21,27)/t13-,14-,15-,16+/m0/s1. The van der Waals surface area contributed by atoms with Gasteiger partial charge in [-0.1, -0.05) is 12.1 Å². The predicted molar refractivity (Wildman–Crippen MR) is 102 cm³/mol. The summed E-state index contributed by atoms with van der Waals surface area (Å²) in [7, 11) is 0. The molecule has 0 unspecified atom stereocenters. The molecule has 150 valence electrons. The third-order valence-electron chi connectivity index (χ3n) is 4.02. The third kappa shape index (κ3) is 4.56. The molecule has 0 aromatic heterocycles. The highest BCUT2D eigenvalue weighted by molar-refractivity contribution is 6.04. The van der Waals surface area contributed by atoms with Crippen molar-refractivity contribution in [3.63, 3.8) is 0 Å². The van der Waals surface area contributed by atoms with E-state index in [9.17, 15) is 30.0 Å². The molecule has 10 N–H and O–H groups in total. The lowest BCUT2D eigenvalue weighted by molar-refractivity contribution is -0.152. The van der Waals surface area contributed by atoms with Crippen LogP contribution in [0.2, 0.25) is 0 Å². The third-order valence-corrected chi connectivity index (χ3v) is 4.02. The first-order valence-electron chi connectivity index (χ1n) is 8.20. The van der Waals surface area contributed by atoms with E-state index in [0.717, 1.165) is 4.90 Å². The molecule has 0 saturated heterocycles. The Morgan fingerprint density at radius 1 is 0.786 bits per heavy atom. The van der Waals surface area contributed by atoms with Crippen LogP contribution < -0.4 is 22.1 Å². The van der Waals surface area contributed by atoms with Crippen LogP contribution in [-0.4, -0.2) is 56.7 Å². The lowest BCUT2D eigenvalue weighted by Crippen LogP contribution is -2.54. The van der Waals surface area contributed by atoms with Crippen LogP contribution in [0.15, 0.2) is 48.5 Å². The van der Waals surface area contributed by atoms with Crippen molar-refractivity contribution in [1.29, 1.82) is 0 Å². The zero-order valence-corrected chi connectivity index (χ0v) is 14.7. The van der Waals surface area contributed by atoms with Crippen molar-refractivity contribution < 1.29 is 30.0 Å². The smallest absolute Gasteiger partial charge is 0.263 e. The number of aliphatic hydroxyl groups excluding tert-OH is 4. The maximum Gasteiger partial charge on any atom is 0.263 e. The number of aliphatic hydroxyl groups is 4. The number of carbonyl (C=O) groups excluding carboxylic acids is 2. The molecule has 0 aliphatic carbocycles. The number of carbonyl (C=O) groups is 2. The summed E-state index contributed by atoms with van der Waals surface area (Å²) in [6.45, 7) is 0. The molecule has 28 heavy (non-hydrogen) atoms. The van der Waals surface area contributed by atoms with Crippen molar-refractivity contribution in [3.05, 3.63) is 48.5 Å². The number of hydrogen-bond donors (Lipinski definition) is 7. The molecule has 0 aliphatic heterocycles. The normalized spacial score (nSPS) is 15.3. The molecule has 10 nitrogen and oxygen atoms in total. The van der Waals surface area contributed by atoms with E-state index in [0.29, 0.717) is 11.4 Å². The Hall–Kier alpha value is -3.18. The minimum absolute atomic E-state index is 0.256. The van der Waals surface area contributed by atoms with Gasteiger partial charge < -0.3 is 37.6 Å². The van der Waals surface area contributed by atoms with Crippen molar-refractivity contribution in [2.45, 2.75) is 24.4 Å². The Kier molecular flexibility index (Phi) is 6.54. The SMILES string of the molecule is NC(=O)[C@@H](O)[C@@H](O)[C@H](O)[C@@H](O)C(=O)N(c1cccc(N)c1)c1cccc(N)c1. The minimum Gasteiger partial charge on any atom is -0.399 e. The van der Waals surface area contributed by atoms with Gasteiger partial charge in [0.05, 0.1) is 11.4 Å².